The van der Waals surface area contributed by atoms with Crippen molar-refractivity contribution in [2.75, 3.05) is 0 Å². The van der Waals surface area contributed by atoms with E-state index in [-0.39, 0.29) is 0 Å². The fourth-order valence-electron chi connectivity index (χ4n) is 7.18. The molecule has 0 bridgehead atoms. The molecule has 9 aromatic rings. The van der Waals surface area contributed by atoms with Gasteiger partial charge < -0.3 is 0 Å². The highest BCUT2D eigenvalue weighted by Crippen LogP contribution is 2.56. The maximum absolute atomic E-state index is 3.98. The van der Waals surface area contributed by atoms with Gasteiger partial charge in [0.05, 0.1) is 5.69 Å². The van der Waals surface area contributed by atoms with Crippen LogP contribution in [-0.4, -0.2) is 54.8 Å². The molecule has 488 valence electrons. The highest BCUT2D eigenvalue weighted by molar-refractivity contribution is 5.83. The summed E-state index contributed by atoms with van der Waals surface area (Å²) in [6.07, 6.45) is 32.6. The van der Waals surface area contributed by atoms with Crippen LogP contribution in [0.5, 0.6) is 0 Å². The quantitative estimate of drug-likeness (QED) is 0.143. The van der Waals surface area contributed by atoms with Crippen molar-refractivity contribution < 1.29 is 0 Å². The highest BCUT2D eigenvalue weighted by atomic mass is 14.8. The second-order valence-electron chi connectivity index (χ2n) is 16.1. The van der Waals surface area contributed by atoms with Crippen LogP contribution in [0.2, 0.25) is 0 Å². The molecule has 0 unspecified atom stereocenters. The Hall–Kier alpha value is -7.79. The Morgan fingerprint density at radius 2 is 0.773 bits per heavy atom. The predicted molar refractivity (Wildman–Crippen MR) is 388 cm³/mol. The minimum absolute atomic E-state index is 0.330. The molecule has 11 heteroatoms. The average Bonchev–Trinajstić information content (AvgIpc) is 1.68. The van der Waals surface area contributed by atoms with Crippen LogP contribution in [0.3, 0.4) is 0 Å². The molecule has 2 aliphatic rings. The lowest BCUT2D eigenvalue weighted by Crippen LogP contribution is -2.27. The first-order valence-electron chi connectivity index (χ1n) is 32.8. The molecular formula is C77H125N11. The Morgan fingerprint density at radius 1 is 0.284 bits per heavy atom. The summed E-state index contributed by atoms with van der Waals surface area (Å²) in [7, 11) is 0. The molecule has 7 aromatic heterocycles. The third kappa shape index (κ3) is 47.4. The first-order valence-corrected chi connectivity index (χ1v) is 32.8. The van der Waals surface area contributed by atoms with Gasteiger partial charge in [0, 0.05) is 97.4 Å². The molecule has 0 radical (unpaired) electrons. The van der Waals surface area contributed by atoms with Gasteiger partial charge in [-0.3, -0.25) is 24.9 Å². The van der Waals surface area contributed by atoms with Crippen molar-refractivity contribution in [3.8, 4) is 11.1 Å². The van der Waals surface area contributed by atoms with Crippen LogP contribution < -0.4 is 0 Å². The van der Waals surface area contributed by atoms with Gasteiger partial charge in [0.25, 0.3) is 0 Å². The zero-order valence-electron chi connectivity index (χ0n) is 60.9. The maximum Gasteiger partial charge on any atom is 0.125 e. The van der Waals surface area contributed by atoms with Crippen molar-refractivity contribution in [1.29, 1.82) is 0 Å². The Balaban J connectivity index is -0.000000168. The summed E-state index contributed by atoms with van der Waals surface area (Å²) in [6, 6.07) is 33.4. The van der Waals surface area contributed by atoms with Crippen LogP contribution in [0.4, 0.5) is 0 Å². The summed E-state index contributed by atoms with van der Waals surface area (Å²) in [5.74, 6) is 0.822. The lowest BCUT2D eigenvalue weighted by Gasteiger charge is -2.36. The predicted octanol–water partition coefficient (Wildman–Crippen LogP) is 22.8. The molecule has 0 atom stereocenters. The van der Waals surface area contributed by atoms with E-state index in [9.17, 15) is 0 Å². The molecule has 2 aliphatic carbocycles. The minimum Gasteiger partial charge on any atom is -0.265 e. The molecule has 1 spiro atoms. The lowest BCUT2D eigenvalue weighted by molar-refractivity contribution is 0.353. The van der Waals surface area contributed by atoms with Crippen molar-refractivity contribution in [2.45, 2.75) is 231 Å². The van der Waals surface area contributed by atoms with Gasteiger partial charge in [0.1, 0.15) is 18.5 Å². The molecule has 1 saturated carbocycles. The number of fused-ring (bicyclic) bond motifs is 5. The monoisotopic (exact) mass is 1200 g/mol. The normalized spacial score (nSPS) is 9.68. The Bertz CT molecular complexity index is 2290. The summed E-state index contributed by atoms with van der Waals surface area (Å²) >= 11 is 0. The number of hydrogen-bond acceptors (Lipinski definition) is 11. The zero-order valence-corrected chi connectivity index (χ0v) is 60.9. The maximum atomic E-state index is 3.98. The molecule has 1 fully saturated rings. The smallest absolute Gasteiger partial charge is 0.125 e. The van der Waals surface area contributed by atoms with E-state index >= 15 is 0 Å². The summed E-state index contributed by atoms with van der Waals surface area (Å²) in [5, 5.41) is 0. The second kappa shape index (κ2) is 73.5. The van der Waals surface area contributed by atoms with Gasteiger partial charge >= 0.3 is 0 Å². The van der Waals surface area contributed by atoms with E-state index < -0.39 is 0 Å². The first kappa shape index (κ1) is 93.9. The Kier molecular flexibility index (Phi) is 78.4. The second-order valence-corrected chi connectivity index (χ2v) is 16.1. The molecule has 0 saturated heterocycles. The summed E-state index contributed by atoms with van der Waals surface area (Å²) in [6.45, 7) is 56.0. The number of rotatable bonds is 0. The number of benzene rings is 2. The van der Waals surface area contributed by atoms with Gasteiger partial charge in [-0.25, -0.2) is 29.9 Å². The van der Waals surface area contributed by atoms with Gasteiger partial charge in [-0.05, 0) is 155 Å². The number of aromatic nitrogens is 11. The molecule has 0 aliphatic heterocycles. The van der Waals surface area contributed by atoms with E-state index in [1.165, 1.54) is 72.6 Å². The fourth-order valence-corrected chi connectivity index (χ4v) is 7.18. The molecule has 11 rings (SSSR count). The zero-order chi connectivity index (χ0) is 68.7. The molecule has 11 nitrogen and oxygen atoms in total. The van der Waals surface area contributed by atoms with E-state index in [1.54, 1.807) is 91.6 Å². The number of hydrogen-bond donors (Lipinski definition) is 0. The van der Waals surface area contributed by atoms with E-state index in [0.29, 0.717) is 5.41 Å². The average molecular weight is 1200 g/mol. The van der Waals surface area contributed by atoms with Crippen molar-refractivity contribution in [1.82, 2.24) is 54.8 Å². The molecule has 88 heavy (non-hydrogen) atoms. The molecule has 2 aromatic carbocycles. The summed E-state index contributed by atoms with van der Waals surface area (Å²) in [5.41, 5.74) is 14.6. The first-order chi connectivity index (χ1) is 43.1. The van der Waals surface area contributed by atoms with Crippen molar-refractivity contribution in [2.24, 2.45) is 0 Å². The van der Waals surface area contributed by atoms with Crippen molar-refractivity contribution >= 4 is 0 Å². The summed E-state index contributed by atoms with van der Waals surface area (Å²) in [4.78, 5) is 42.3. The van der Waals surface area contributed by atoms with Gasteiger partial charge in [0.2, 0.25) is 0 Å². The van der Waals surface area contributed by atoms with Crippen LogP contribution in [0, 0.1) is 55.4 Å². The molecule has 7 heterocycles. The largest absolute Gasteiger partial charge is 0.265 e. The highest BCUT2D eigenvalue weighted by Gasteiger charge is 2.43. The van der Waals surface area contributed by atoms with Gasteiger partial charge in [-0.1, -0.05) is 212 Å². The number of pyridine rings is 3. The third-order valence-corrected chi connectivity index (χ3v) is 10.5. The Morgan fingerprint density at radius 3 is 1.11 bits per heavy atom. The topological polar surface area (TPSA) is 142 Å². The molecule has 0 amide bonds. The molecule has 0 N–H and O–H groups in total. The summed E-state index contributed by atoms with van der Waals surface area (Å²) < 4.78 is 0. The van der Waals surface area contributed by atoms with Crippen molar-refractivity contribution in [3.05, 3.63) is 247 Å². The van der Waals surface area contributed by atoms with E-state index in [2.05, 4.69) is 104 Å². The Labute approximate surface area is 541 Å². The van der Waals surface area contributed by atoms with Crippen LogP contribution in [0.1, 0.15) is 227 Å². The molecular weight excluding hydrogens is 1080 g/mol. The number of nitrogens with zero attached hydrogens (tertiary/aromatic N) is 11. The van der Waals surface area contributed by atoms with Crippen LogP contribution in [-0.2, 0) is 5.41 Å². The SMILES string of the molecule is CC.CC.CC.CC.CC.CC.CC.CC.CC.CC.Cc1cccc2c1-c1ccccc1C21CCCCC1.Cc1ccccn1.Cc1cccnc1.Cc1ccncc1.Cc1ccncn1.Cc1cnccn1.Cc1cncnc1.Cc1ncccn1. The fraction of sp³-hybridized carbons (Fsp3) is 0.442. The van der Waals surface area contributed by atoms with Gasteiger partial charge in [-0.15, -0.1) is 0 Å². The van der Waals surface area contributed by atoms with Gasteiger partial charge in [-0.2, -0.15) is 0 Å². The minimum atomic E-state index is 0.330. The third-order valence-electron chi connectivity index (χ3n) is 10.5. The lowest BCUT2D eigenvalue weighted by atomic mass is 9.68. The van der Waals surface area contributed by atoms with E-state index in [4.69, 9.17) is 0 Å². The standard InChI is InChI=1S/C19H20.3C6H7N.4C5H6N2.10C2H6/c1-14-8-7-11-17-18(14)15-9-3-4-10-16(15)19(17)12-5-2-6-13-19;1-6-2-4-7-5-3-6;1-6-3-2-4-7-5-6;1-6-4-2-3-5-7-6;1-5-2-6-4-7-3-5;1-5-4-6-2-3-7-5;1-5-2-3-6-4-7-5;1-5-6-3-2-4-7-5;10*1-2/h3-4,7-11H,2,5-6,12-13H2,1H3;3*2-5H,1H3;4*2-4H,1H3;10*1-2H3. The van der Waals surface area contributed by atoms with Gasteiger partial charge in [0.15, 0.2) is 0 Å². The van der Waals surface area contributed by atoms with E-state index in [1.807, 2.05) is 242 Å². The number of aryl methyl sites for hydroxylation is 8. The van der Waals surface area contributed by atoms with Crippen molar-refractivity contribution in [3.63, 3.8) is 0 Å². The van der Waals surface area contributed by atoms with Crippen LogP contribution in [0.25, 0.3) is 11.1 Å². The van der Waals surface area contributed by atoms with Crippen LogP contribution >= 0.6 is 0 Å². The van der Waals surface area contributed by atoms with Crippen LogP contribution in [0.15, 0.2) is 190 Å². The van der Waals surface area contributed by atoms with E-state index in [0.717, 1.165) is 28.5 Å².